The summed E-state index contributed by atoms with van der Waals surface area (Å²) in [5.41, 5.74) is 3.10. The number of nitrogens with zero attached hydrogens (tertiary/aromatic N) is 2. The van der Waals surface area contributed by atoms with Crippen LogP contribution in [0.5, 0.6) is 5.88 Å². The minimum Gasteiger partial charge on any atom is -0.481 e. The maximum atomic E-state index is 13.1. The summed E-state index contributed by atoms with van der Waals surface area (Å²) in [6, 6.07) is 8.66. The fraction of sp³-hybridized carbons (Fsp3) is 0.368. The Bertz CT molecular complexity index is 707. The molecule has 0 fully saturated rings. The van der Waals surface area contributed by atoms with Gasteiger partial charge in [0.15, 0.2) is 5.96 Å². The minimum atomic E-state index is -0.197. The van der Waals surface area contributed by atoms with Gasteiger partial charge in [0, 0.05) is 25.4 Å². The van der Waals surface area contributed by atoms with E-state index in [-0.39, 0.29) is 29.8 Å². The molecule has 5 nitrogen and oxygen atoms in total. The quantitative estimate of drug-likeness (QED) is 0.368. The summed E-state index contributed by atoms with van der Waals surface area (Å²) < 4.78 is 18.2. The van der Waals surface area contributed by atoms with E-state index in [1.807, 2.05) is 32.0 Å². The second-order valence-electron chi connectivity index (χ2n) is 5.65. The van der Waals surface area contributed by atoms with Crippen LogP contribution in [-0.4, -0.2) is 31.1 Å². The maximum Gasteiger partial charge on any atom is 0.212 e. The van der Waals surface area contributed by atoms with Gasteiger partial charge in [0.2, 0.25) is 5.88 Å². The standard InChI is InChI=1S/C19H25FN4O.HI/c1-4-21-19(24-13-15-5-8-18(25-3)23-12-15)22-10-9-16-6-7-17(20)11-14(16)2;/h5-8,11-12H,4,9-10,13H2,1-3H3,(H2,21,22,24);1H. The van der Waals surface area contributed by atoms with Crippen LogP contribution in [0.2, 0.25) is 0 Å². The Morgan fingerprint density at radius 1 is 1.23 bits per heavy atom. The number of ether oxygens (including phenoxy) is 1. The molecule has 0 saturated heterocycles. The highest BCUT2D eigenvalue weighted by Crippen LogP contribution is 2.10. The zero-order valence-electron chi connectivity index (χ0n) is 15.4. The average Bonchev–Trinajstić information content (AvgIpc) is 2.62. The van der Waals surface area contributed by atoms with Crippen LogP contribution >= 0.6 is 24.0 Å². The molecule has 0 aliphatic carbocycles. The van der Waals surface area contributed by atoms with Gasteiger partial charge in [0.1, 0.15) is 5.82 Å². The number of hydrogen-bond donors (Lipinski definition) is 2. The molecule has 0 spiro atoms. The van der Waals surface area contributed by atoms with E-state index in [2.05, 4.69) is 20.6 Å². The number of pyridine rings is 1. The molecule has 2 N–H and O–H groups in total. The van der Waals surface area contributed by atoms with E-state index in [4.69, 9.17) is 4.74 Å². The first kappa shape index (κ1) is 22.1. The lowest BCUT2D eigenvalue weighted by Crippen LogP contribution is -2.38. The molecule has 26 heavy (non-hydrogen) atoms. The molecule has 0 atom stereocenters. The van der Waals surface area contributed by atoms with Crippen LogP contribution < -0.4 is 15.4 Å². The van der Waals surface area contributed by atoms with E-state index in [1.165, 1.54) is 6.07 Å². The maximum absolute atomic E-state index is 13.1. The fourth-order valence-electron chi connectivity index (χ4n) is 2.39. The van der Waals surface area contributed by atoms with Crippen LogP contribution in [0.4, 0.5) is 4.39 Å². The van der Waals surface area contributed by atoms with Gasteiger partial charge in [-0.1, -0.05) is 12.1 Å². The number of nitrogens with one attached hydrogen (secondary N) is 2. The molecule has 1 heterocycles. The third-order valence-corrected chi connectivity index (χ3v) is 3.76. The van der Waals surface area contributed by atoms with Crippen molar-refractivity contribution in [3.8, 4) is 5.88 Å². The topological polar surface area (TPSA) is 58.5 Å². The van der Waals surface area contributed by atoms with Crippen LogP contribution in [0.25, 0.3) is 0 Å². The Morgan fingerprint density at radius 3 is 2.65 bits per heavy atom. The first-order valence-electron chi connectivity index (χ1n) is 8.38. The van der Waals surface area contributed by atoms with Gasteiger partial charge in [-0.2, -0.15) is 0 Å². The van der Waals surface area contributed by atoms with Gasteiger partial charge in [0.25, 0.3) is 0 Å². The number of benzene rings is 1. The van der Waals surface area contributed by atoms with E-state index in [1.54, 1.807) is 19.4 Å². The zero-order valence-corrected chi connectivity index (χ0v) is 17.7. The Morgan fingerprint density at radius 2 is 2.04 bits per heavy atom. The predicted octanol–water partition coefficient (Wildman–Crippen LogP) is 3.45. The van der Waals surface area contributed by atoms with Crippen molar-refractivity contribution in [3.63, 3.8) is 0 Å². The molecule has 0 amide bonds. The Balaban J connectivity index is 0.00000338. The van der Waals surface area contributed by atoms with Crippen molar-refractivity contribution in [1.29, 1.82) is 0 Å². The minimum absolute atomic E-state index is 0. The number of aliphatic imine (C=N–C) groups is 1. The van der Waals surface area contributed by atoms with E-state index in [9.17, 15) is 4.39 Å². The second-order valence-corrected chi connectivity index (χ2v) is 5.65. The van der Waals surface area contributed by atoms with Crippen LogP contribution in [0.3, 0.4) is 0 Å². The number of guanidine groups is 1. The number of hydrogen-bond acceptors (Lipinski definition) is 3. The number of aryl methyl sites for hydroxylation is 1. The van der Waals surface area contributed by atoms with Crippen LogP contribution in [0.15, 0.2) is 41.5 Å². The molecule has 7 heteroatoms. The summed E-state index contributed by atoms with van der Waals surface area (Å²) in [5, 5.41) is 6.52. The molecule has 0 bridgehead atoms. The van der Waals surface area contributed by atoms with Gasteiger partial charge in [-0.3, -0.25) is 0 Å². The van der Waals surface area contributed by atoms with Crippen molar-refractivity contribution >= 4 is 29.9 Å². The molecule has 142 valence electrons. The third kappa shape index (κ3) is 7.15. The van der Waals surface area contributed by atoms with Crippen molar-refractivity contribution in [2.45, 2.75) is 26.8 Å². The van der Waals surface area contributed by atoms with Crippen molar-refractivity contribution in [2.24, 2.45) is 4.99 Å². The SMILES string of the molecule is CCNC(=NCc1ccc(OC)nc1)NCCc1ccc(F)cc1C.I. The Hall–Kier alpha value is -1.90. The normalized spacial score (nSPS) is 10.8. The number of halogens is 2. The second kappa shape index (κ2) is 11.7. The molecule has 0 unspecified atom stereocenters. The van der Waals surface area contributed by atoms with Crippen LogP contribution in [0.1, 0.15) is 23.6 Å². The van der Waals surface area contributed by atoms with E-state index < -0.39 is 0 Å². The third-order valence-electron chi connectivity index (χ3n) is 3.76. The Kier molecular flexibility index (Phi) is 9.93. The summed E-state index contributed by atoms with van der Waals surface area (Å²) >= 11 is 0. The summed E-state index contributed by atoms with van der Waals surface area (Å²) in [6.45, 7) is 5.98. The molecule has 0 aliphatic heterocycles. The van der Waals surface area contributed by atoms with Gasteiger partial charge in [-0.05, 0) is 49.1 Å². The smallest absolute Gasteiger partial charge is 0.212 e. The van der Waals surface area contributed by atoms with Gasteiger partial charge in [0.05, 0.1) is 13.7 Å². The van der Waals surface area contributed by atoms with Gasteiger partial charge in [-0.25, -0.2) is 14.4 Å². The first-order valence-corrected chi connectivity index (χ1v) is 8.38. The zero-order chi connectivity index (χ0) is 18.1. The molecule has 0 saturated carbocycles. The fourth-order valence-corrected chi connectivity index (χ4v) is 2.39. The van der Waals surface area contributed by atoms with Crippen molar-refractivity contribution in [3.05, 3.63) is 59.0 Å². The first-order chi connectivity index (χ1) is 12.1. The number of methoxy groups -OCH3 is 1. The highest BCUT2D eigenvalue weighted by Gasteiger charge is 2.02. The van der Waals surface area contributed by atoms with E-state index in [0.717, 1.165) is 42.2 Å². The molecular weight excluding hydrogens is 446 g/mol. The summed E-state index contributed by atoms with van der Waals surface area (Å²) in [6.07, 6.45) is 2.56. The molecule has 1 aromatic heterocycles. The van der Waals surface area contributed by atoms with E-state index in [0.29, 0.717) is 12.4 Å². The van der Waals surface area contributed by atoms with Crippen LogP contribution in [-0.2, 0) is 13.0 Å². The monoisotopic (exact) mass is 472 g/mol. The number of rotatable bonds is 7. The lowest BCUT2D eigenvalue weighted by molar-refractivity contribution is 0.397. The lowest BCUT2D eigenvalue weighted by Gasteiger charge is -2.12. The van der Waals surface area contributed by atoms with Gasteiger partial charge in [-0.15, -0.1) is 24.0 Å². The summed E-state index contributed by atoms with van der Waals surface area (Å²) in [4.78, 5) is 8.74. The van der Waals surface area contributed by atoms with Crippen molar-refractivity contribution < 1.29 is 9.13 Å². The largest absolute Gasteiger partial charge is 0.481 e. The van der Waals surface area contributed by atoms with Gasteiger partial charge < -0.3 is 15.4 Å². The summed E-state index contributed by atoms with van der Waals surface area (Å²) in [7, 11) is 1.59. The summed E-state index contributed by atoms with van der Waals surface area (Å²) in [5.74, 6) is 1.14. The molecular formula is C19H26FIN4O. The van der Waals surface area contributed by atoms with Crippen molar-refractivity contribution in [2.75, 3.05) is 20.2 Å². The highest BCUT2D eigenvalue weighted by molar-refractivity contribution is 14.0. The molecule has 2 rings (SSSR count). The Labute approximate surface area is 171 Å². The lowest BCUT2D eigenvalue weighted by atomic mass is 10.1. The predicted molar refractivity (Wildman–Crippen MR) is 114 cm³/mol. The molecule has 0 radical (unpaired) electrons. The van der Waals surface area contributed by atoms with Crippen LogP contribution in [0, 0.1) is 12.7 Å². The average molecular weight is 472 g/mol. The van der Waals surface area contributed by atoms with E-state index >= 15 is 0 Å². The van der Waals surface area contributed by atoms with Crippen molar-refractivity contribution in [1.82, 2.24) is 15.6 Å². The molecule has 2 aromatic rings. The molecule has 1 aromatic carbocycles. The highest BCUT2D eigenvalue weighted by atomic mass is 127. The number of aromatic nitrogens is 1. The molecule has 0 aliphatic rings. The van der Waals surface area contributed by atoms with Gasteiger partial charge >= 0.3 is 0 Å².